The molecule has 0 atom stereocenters. The van der Waals surface area contributed by atoms with E-state index in [2.05, 4.69) is 25.8 Å². The second-order valence-electron chi connectivity index (χ2n) is 6.48. The fourth-order valence-corrected chi connectivity index (χ4v) is 4.75. The number of methoxy groups -OCH3 is 1. The molecule has 6 nitrogen and oxygen atoms in total. The van der Waals surface area contributed by atoms with Gasteiger partial charge in [-0.15, -0.1) is 0 Å². The van der Waals surface area contributed by atoms with Crippen molar-refractivity contribution in [1.29, 1.82) is 0 Å². The number of ether oxygens (including phenoxy) is 1. The lowest BCUT2D eigenvalue weighted by molar-refractivity contribution is 0.0699. The molecule has 26 heavy (non-hydrogen) atoms. The SMILES string of the molecule is COc1ccc(CN2CC(N(Cc3ccncc3)S(C)(=O)=O)C2)cc1Br. The van der Waals surface area contributed by atoms with Crippen LogP contribution in [0, 0.1) is 0 Å². The molecule has 1 aliphatic heterocycles. The fraction of sp³-hybridized carbons (Fsp3) is 0.389. The van der Waals surface area contributed by atoms with Crippen LogP contribution in [0.3, 0.4) is 0 Å². The van der Waals surface area contributed by atoms with E-state index in [0.717, 1.165) is 41.0 Å². The molecular weight excluding hydrogens is 418 g/mol. The minimum atomic E-state index is -3.27. The number of nitrogens with zero attached hydrogens (tertiary/aromatic N) is 3. The molecule has 1 aromatic carbocycles. The zero-order valence-corrected chi connectivity index (χ0v) is 17.2. The third-order valence-electron chi connectivity index (χ3n) is 4.48. The molecule has 2 heterocycles. The normalized spacial score (nSPS) is 15.8. The van der Waals surface area contributed by atoms with Gasteiger partial charge in [0, 0.05) is 38.6 Å². The molecule has 0 spiro atoms. The smallest absolute Gasteiger partial charge is 0.211 e. The zero-order valence-electron chi connectivity index (χ0n) is 14.8. The van der Waals surface area contributed by atoms with Crippen LogP contribution in [0.25, 0.3) is 0 Å². The van der Waals surface area contributed by atoms with Gasteiger partial charge in [0.25, 0.3) is 0 Å². The summed E-state index contributed by atoms with van der Waals surface area (Å²) in [7, 11) is -1.63. The van der Waals surface area contributed by atoms with Gasteiger partial charge in [-0.1, -0.05) is 6.07 Å². The summed E-state index contributed by atoms with van der Waals surface area (Å²) in [5, 5.41) is 0. The van der Waals surface area contributed by atoms with Gasteiger partial charge in [-0.3, -0.25) is 9.88 Å². The standard InChI is InChI=1S/C18H22BrN3O3S/c1-25-18-4-3-15(9-17(18)19)10-21-12-16(13-21)22(26(2,23)24)11-14-5-7-20-8-6-14/h3-9,16H,10-13H2,1-2H3. The number of halogens is 1. The molecular formula is C18H22BrN3O3S. The van der Waals surface area contributed by atoms with Gasteiger partial charge >= 0.3 is 0 Å². The predicted octanol–water partition coefficient (Wildman–Crippen LogP) is 2.50. The quantitative estimate of drug-likeness (QED) is 0.662. The highest BCUT2D eigenvalue weighted by atomic mass is 79.9. The minimum absolute atomic E-state index is 0.000135. The van der Waals surface area contributed by atoms with Gasteiger partial charge < -0.3 is 4.74 Å². The third kappa shape index (κ3) is 4.62. The summed E-state index contributed by atoms with van der Waals surface area (Å²) in [6.07, 6.45) is 4.65. The third-order valence-corrected chi connectivity index (χ3v) is 6.38. The zero-order chi connectivity index (χ0) is 18.7. The Kier molecular flexibility index (Phi) is 5.96. The Morgan fingerprint density at radius 1 is 1.23 bits per heavy atom. The van der Waals surface area contributed by atoms with E-state index in [9.17, 15) is 8.42 Å². The van der Waals surface area contributed by atoms with Crippen molar-refractivity contribution in [2.24, 2.45) is 0 Å². The van der Waals surface area contributed by atoms with Gasteiger partial charge in [-0.2, -0.15) is 4.31 Å². The van der Waals surface area contributed by atoms with Gasteiger partial charge in [0.1, 0.15) is 5.75 Å². The maximum Gasteiger partial charge on any atom is 0.211 e. The van der Waals surface area contributed by atoms with E-state index in [1.165, 1.54) is 6.26 Å². The largest absolute Gasteiger partial charge is 0.496 e. The highest BCUT2D eigenvalue weighted by Gasteiger charge is 2.36. The molecule has 2 aromatic rings. The van der Waals surface area contributed by atoms with E-state index in [4.69, 9.17) is 4.74 Å². The molecule has 0 saturated carbocycles. The van der Waals surface area contributed by atoms with E-state index < -0.39 is 10.0 Å². The predicted molar refractivity (Wildman–Crippen MR) is 104 cm³/mol. The van der Waals surface area contributed by atoms with E-state index in [-0.39, 0.29) is 6.04 Å². The number of aromatic nitrogens is 1. The summed E-state index contributed by atoms with van der Waals surface area (Å²) in [4.78, 5) is 6.22. The van der Waals surface area contributed by atoms with Crippen LogP contribution in [0.4, 0.5) is 0 Å². The topological polar surface area (TPSA) is 62.7 Å². The number of rotatable bonds is 7. The van der Waals surface area contributed by atoms with Crippen molar-refractivity contribution < 1.29 is 13.2 Å². The van der Waals surface area contributed by atoms with Gasteiger partial charge in [0.2, 0.25) is 10.0 Å². The summed E-state index contributed by atoms with van der Waals surface area (Å²) >= 11 is 3.50. The lowest BCUT2D eigenvalue weighted by Crippen LogP contribution is -2.59. The van der Waals surface area contributed by atoms with Crippen molar-refractivity contribution in [2.75, 3.05) is 26.5 Å². The van der Waals surface area contributed by atoms with E-state index in [1.807, 2.05) is 30.3 Å². The average Bonchev–Trinajstić information content (AvgIpc) is 2.56. The summed E-state index contributed by atoms with van der Waals surface area (Å²) in [6.45, 7) is 2.61. The Morgan fingerprint density at radius 3 is 2.50 bits per heavy atom. The monoisotopic (exact) mass is 439 g/mol. The van der Waals surface area contributed by atoms with Crippen molar-refractivity contribution in [3.63, 3.8) is 0 Å². The maximum absolute atomic E-state index is 12.2. The van der Waals surface area contributed by atoms with Crippen LogP contribution in [0.5, 0.6) is 5.75 Å². The molecule has 0 bridgehead atoms. The second kappa shape index (κ2) is 8.04. The van der Waals surface area contributed by atoms with E-state index >= 15 is 0 Å². The first-order valence-electron chi connectivity index (χ1n) is 8.27. The van der Waals surface area contributed by atoms with Crippen molar-refractivity contribution in [3.05, 3.63) is 58.3 Å². The highest BCUT2D eigenvalue weighted by molar-refractivity contribution is 9.10. The highest BCUT2D eigenvalue weighted by Crippen LogP contribution is 2.28. The molecule has 8 heteroatoms. The molecule has 1 saturated heterocycles. The first kappa shape index (κ1) is 19.3. The Bertz CT molecular complexity index is 855. The van der Waals surface area contributed by atoms with Crippen LogP contribution in [0.1, 0.15) is 11.1 Å². The lowest BCUT2D eigenvalue weighted by Gasteiger charge is -2.44. The Hall–Kier alpha value is -1.48. The van der Waals surface area contributed by atoms with E-state index in [0.29, 0.717) is 6.54 Å². The molecule has 140 valence electrons. The molecule has 0 radical (unpaired) electrons. The molecule has 0 N–H and O–H groups in total. The maximum atomic E-state index is 12.2. The second-order valence-corrected chi connectivity index (χ2v) is 9.27. The Morgan fingerprint density at radius 2 is 1.92 bits per heavy atom. The molecule has 0 amide bonds. The van der Waals surface area contributed by atoms with Crippen molar-refractivity contribution in [3.8, 4) is 5.75 Å². The molecule has 1 fully saturated rings. The summed E-state index contributed by atoms with van der Waals surface area (Å²) < 4.78 is 32.2. The number of hydrogen-bond acceptors (Lipinski definition) is 5. The first-order chi connectivity index (χ1) is 12.4. The number of sulfonamides is 1. The van der Waals surface area contributed by atoms with Crippen LogP contribution in [0.15, 0.2) is 47.2 Å². The average molecular weight is 440 g/mol. The fourth-order valence-electron chi connectivity index (χ4n) is 3.11. The van der Waals surface area contributed by atoms with Crippen LogP contribution >= 0.6 is 15.9 Å². The molecule has 0 aliphatic carbocycles. The number of benzene rings is 1. The van der Waals surface area contributed by atoms with Crippen molar-refractivity contribution in [2.45, 2.75) is 19.1 Å². The van der Waals surface area contributed by atoms with Crippen LogP contribution in [-0.2, 0) is 23.1 Å². The number of likely N-dealkylation sites (tertiary alicyclic amines) is 1. The Labute approximate surface area is 163 Å². The molecule has 0 unspecified atom stereocenters. The number of pyridine rings is 1. The van der Waals surface area contributed by atoms with Crippen LogP contribution < -0.4 is 4.74 Å². The molecule has 1 aliphatic rings. The van der Waals surface area contributed by atoms with Crippen molar-refractivity contribution in [1.82, 2.24) is 14.2 Å². The molecule has 3 rings (SSSR count). The van der Waals surface area contributed by atoms with Gasteiger partial charge in [0.05, 0.1) is 23.9 Å². The lowest BCUT2D eigenvalue weighted by atomic mass is 10.1. The molecule has 1 aromatic heterocycles. The summed E-state index contributed by atoms with van der Waals surface area (Å²) in [5.74, 6) is 0.802. The summed E-state index contributed by atoms with van der Waals surface area (Å²) in [5.41, 5.74) is 2.11. The number of hydrogen-bond donors (Lipinski definition) is 0. The first-order valence-corrected chi connectivity index (χ1v) is 10.9. The van der Waals surface area contributed by atoms with Gasteiger partial charge in [-0.25, -0.2) is 8.42 Å². The van der Waals surface area contributed by atoms with Gasteiger partial charge in [0.15, 0.2) is 0 Å². The van der Waals surface area contributed by atoms with Gasteiger partial charge in [-0.05, 0) is 51.3 Å². The van der Waals surface area contributed by atoms with Crippen molar-refractivity contribution >= 4 is 26.0 Å². The summed E-state index contributed by atoms with van der Waals surface area (Å²) in [6, 6.07) is 9.70. The minimum Gasteiger partial charge on any atom is -0.496 e. The van der Waals surface area contributed by atoms with Crippen LogP contribution in [0.2, 0.25) is 0 Å². The Balaban J connectivity index is 1.62. The van der Waals surface area contributed by atoms with Crippen LogP contribution in [-0.4, -0.2) is 55.1 Å². The van der Waals surface area contributed by atoms with E-state index in [1.54, 1.807) is 23.8 Å².